The number of hydrogen-bond donors (Lipinski definition) is 0. The number of nitrogens with zero attached hydrogens (tertiary/aromatic N) is 4. The average molecular weight is 372 g/mol. The lowest BCUT2D eigenvalue weighted by atomic mass is 10.2. The number of benzene rings is 2. The van der Waals surface area contributed by atoms with E-state index in [0.717, 1.165) is 17.6 Å². The Balaban J connectivity index is 1.82. The van der Waals surface area contributed by atoms with Crippen molar-refractivity contribution in [3.05, 3.63) is 70.3 Å². The molecule has 2 aromatic heterocycles. The van der Waals surface area contributed by atoms with E-state index < -0.39 is 11.6 Å². The number of aryl methyl sites for hydroxylation is 1. The summed E-state index contributed by atoms with van der Waals surface area (Å²) in [5.41, 5.74) is 0.617. The van der Waals surface area contributed by atoms with E-state index in [1.165, 1.54) is 17.8 Å². The maximum Gasteiger partial charge on any atom is 0.262 e. The van der Waals surface area contributed by atoms with Gasteiger partial charge >= 0.3 is 0 Å². The highest BCUT2D eigenvalue weighted by Gasteiger charge is 2.15. The van der Waals surface area contributed by atoms with E-state index in [2.05, 4.69) is 10.2 Å². The van der Waals surface area contributed by atoms with E-state index >= 15 is 0 Å². The minimum absolute atomic E-state index is 0.109. The molecule has 0 fully saturated rings. The first kappa shape index (κ1) is 16.7. The van der Waals surface area contributed by atoms with Crippen molar-refractivity contribution >= 4 is 28.4 Å². The van der Waals surface area contributed by atoms with Crippen molar-refractivity contribution in [1.82, 2.24) is 19.2 Å². The van der Waals surface area contributed by atoms with Gasteiger partial charge in [0, 0.05) is 11.4 Å². The molecule has 8 heteroatoms. The van der Waals surface area contributed by atoms with Gasteiger partial charge in [-0.2, -0.15) is 0 Å². The Morgan fingerprint density at radius 2 is 1.88 bits per heavy atom. The Morgan fingerprint density at radius 1 is 1.08 bits per heavy atom. The van der Waals surface area contributed by atoms with Crippen LogP contribution < -0.4 is 5.56 Å². The Hall–Kier alpha value is -2.74. The minimum atomic E-state index is -0.883. The molecule has 2 aromatic carbocycles. The molecule has 4 aromatic rings. The summed E-state index contributed by atoms with van der Waals surface area (Å²) in [5.74, 6) is -0.255. The smallest absolute Gasteiger partial charge is 0.262 e. The van der Waals surface area contributed by atoms with Crippen LogP contribution in [-0.4, -0.2) is 19.2 Å². The molecule has 0 saturated heterocycles. The largest absolute Gasteiger partial charge is 0.277 e. The number of thioether (sulfide) groups is 1. The van der Waals surface area contributed by atoms with Crippen LogP contribution in [0.5, 0.6) is 0 Å². The maximum absolute atomic E-state index is 13.4. The predicted octanol–water partition coefficient (Wildman–Crippen LogP) is 3.63. The monoisotopic (exact) mass is 372 g/mol. The van der Waals surface area contributed by atoms with Crippen LogP contribution in [0.2, 0.25) is 0 Å². The van der Waals surface area contributed by atoms with Gasteiger partial charge in [-0.1, -0.05) is 12.1 Å². The number of halogens is 2. The van der Waals surface area contributed by atoms with Crippen molar-refractivity contribution in [3.8, 4) is 0 Å². The lowest BCUT2D eigenvalue weighted by molar-refractivity contribution is 0.506. The fourth-order valence-electron chi connectivity index (χ4n) is 2.91. The molecule has 5 nitrogen and oxygen atoms in total. The van der Waals surface area contributed by atoms with Crippen molar-refractivity contribution in [3.63, 3.8) is 0 Å². The molecule has 0 radical (unpaired) electrons. The molecular weight excluding hydrogens is 358 g/mol. The van der Waals surface area contributed by atoms with Gasteiger partial charge in [0.2, 0.25) is 5.78 Å². The van der Waals surface area contributed by atoms with Crippen LogP contribution in [-0.2, 0) is 12.3 Å². The molecule has 0 aliphatic heterocycles. The summed E-state index contributed by atoms with van der Waals surface area (Å²) in [6.45, 7) is 2.35. The Morgan fingerprint density at radius 3 is 2.65 bits per heavy atom. The summed E-state index contributed by atoms with van der Waals surface area (Å²) in [6.07, 6.45) is 0. The normalized spacial score (nSPS) is 11.5. The quantitative estimate of drug-likeness (QED) is 0.513. The van der Waals surface area contributed by atoms with Gasteiger partial charge in [-0.25, -0.2) is 8.78 Å². The van der Waals surface area contributed by atoms with Crippen molar-refractivity contribution in [2.24, 2.45) is 0 Å². The minimum Gasteiger partial charge on any atom is -0.277 e. The van der Waals surface area contributed by atoms with Gasteiger partial charge in [0.25, 0.3) is 5.56 Å². The Kier molecular flexibility index (Phi) is 4.20. The zero-order valence-electron chi connectivity index (χ0n) is 13.8. The van der Waals surface area contributed by atoms with Gasteiger partial charge in [-0.15, -0.1) is 22.0 Å². The Labute approximate surface area is 151 Å². The van der Waals surface area contributed by atoms with Gasteiger partial charge in [-0.05, 0) is 37.3 Å². The highest BCUT2D eigenvalue weighted by Crippen LogP contribution is 2.25. The summed E-state index contributed by atoms with van der Waals surface area (Å²) < 4.78 is 29.9. The van der Waals surface area contributed by atoms with E-state index in [1.54, 1.807) is 10.6 Å². The molecule has 0 amide bonds. The fraction of sp³-hybridized carbons (Fsp3) is 0.167. The molecule has 2 heterocycles. The predicted molar refractivity (Wildman–Crippen MR) is 96.3 cm³/mol. The van der Waals surface area contributed by atoms with Crippen molar-refractivity contribution in [2.75, 3.05) is 0 Å². The van der Waals surface area contributed by atoms with E-state index in [9.17, 15) is 13.6 Å². The highest BCUT2D eigenvalue weighted by atomic mass is 32.2. The summed E-state index contributed by atoms with van der Waals surface area (Å²) in [7, 11) is 0. The van der Waals surface area contributed by atoms with E-state index in [-0.39, 0.29) is 5.56 Å². The summed E-state index contributed by atoms with van der Waals surface area (Å²) in [5, 5.41) is 8.97. The lowest BCUT2D eigenvalue weighted by Gasteiger charge is -2.09. The molecule has 0 unspecified atom stereocenters. The average Bonchev–Trinajstić information content (AvgIpc) is 3.07. The van der Waals surface area contributed by atoms with E-state index in [1.807, 2.05) is 29.5 Å². The van der Waals surface area contributed by atoms with E-state index in [4.69, 9.17) is 0 Å². The molecule has 26 heavy (non-hydrogen) atoms. The third-order valence-corrected chi connectivity index (χ3v) is 5.14. The number of fused-ring (bicyclic) bond motifs is 3. The van der Waals surface area contributed by atoms with Gasteiger partial charge in [-0.3, -0.25) is 13.8 Å². The summed E-state index contributed by atoms with van der Waals surface area (Å²) in [4.78, 5) is 13.2. The molecular formula is C18H14F2N4OS. The summed E-state index contributed by atoms with van der Waals surface area (Å²) in [6, 6.07) is 11.1. The van der Waals surface area contributed by atoms with Crippen LogP contribution in [0, 0.1) is 11.6 Å². The molecule has 0 N–H and O–H groups in total. The van der Waals surface area contributed by atoms with Crippen molar-refractivity contribution in [2.45, 2.75) is 24.1 Å². The van der Waals surface area contributed by atoms with Gasteiger partial charge in [0.05, 0.1) is 16.7 Å². The maximum atomic E-state index is 13.4. The summed E-state index contributed by atoms with van der Waals surface area (Å²) >= 11 is 1.32. The van der Waals surface area contributed by atoms with Crippen LogP contribution in [0.25, 0.3) is 16.7 Å². The lowest BCUT2D eigenvalue weighted by Crippen LogP contribution is -2.22. The van der Waals surface area contributed by atoms with Crippen LogP contribution in [0.15, 0.2) is 52.2 Å². The zero-order valence-corrected chi connectivity index (χ0v) is 14.6. The fourth-order valence-corrected chi connectivity index (χ4v) is 3.74. The molecule has 0 spiro atoms. The molecule has 0 aliphatic rings. The van der Waals surface area contributed by atoms with Gasteiger partial charge in [0.15, 0.2) is 11.6 Å². The number of para-hydroxylation sites is 1. The van der Waals surface area contributed by atoms with Crippen LogP contribution in [0.1, 0.15) is 12.7 Å². The van der Waals surface area contributed by atoms with Crippen LogP contribution in [0.3, 0.4) is 0 Å². The second-order valence-corrected chi connectivity index (χ2v) is 6.73. The number of rotatable bonds is 4. The first-order valence-electron chi connectivity index (χ1n) is 8.03. The molecule has 0 atom stereocenters. The first-order chi connectivity index (χ1) is 12.6. The molecule has 0 aliphatic carbocycles. The Bertz CT molecular complexity index is 1190. The second kappa shape index (κ2) is 6.53. The third kappa shape index (κ3) is 2.66. The highest BCUT2D eigenvalue weighted by molar-refractivity contribution is 7.98. The topological polar surface area (TPSA) is 52.2 Å². The number of hydrogen-bond acceptors (Lipinski definition) is 4. The molecule has 4 rings (SSSR count). The molecule has 0 bridgehead atoms. The van der Waals surface area contributed by atoms with Crippen molar-refractivity contribution in [1.29, 1.82) is 0 Å². The molecule has 132 valence electrons. The van der Waals surface area contributed by atoms with Gasteiger partial charge in [0.1, 0.15) is 5.82 Å². The SMILES string of the molecule is CCn1c(=O)c2ccccc2n2c(CSc3ccc(F)c(F)c3)nnc12. The van der Waals surface area contributed by atoms with Crippen LogP contribution in [0.4, 0.5) is 8.78 Å². The number of aromatic nitrogens is 4. The zero-order chi connectivity index (χ0) is 18.3. The van der Waals surface area contributed by atoms with Crippen molar-refractivity contribution < 1.29 is 8.78 Å². The van der Waals surface area contributed by atoms with Gasteiger partial charge < -0.3 is 0 Å². The third-order valence-electron chi connectivity index (χ3n) is 4.15. The molecule has 0 saturated carbocycles. The standard InChI is InChI=1S/C18H14F2N4OS/c1-2-23-17(25)12-5-3-4-6-15(12)24-16(21-22-18(23)24)10-26-11-7-8-13(19)14(20)9-11/h3-9H,2,10H2,1H3. The first-order valence-corrected chi connectivity index (χ1v) is 9.02. The van der Waals surface area contributed by atoms with Crippen LogP contribution >= 0.6 is 11.8 Å². The van der Waals surface area contributed by atoms with E-state index in [0.29, 0.717) is 34.2 Å². The second-order valence-electron chi connectivity index (χ2n) is 5.68.